The fourth-order valence-electron chi connectivity index (χ4n) is 1.44. The van der Waals surface area contributed by atoms with Crippen LogP contribution in [0.25, 0.3) is 5.78 Å². The lowest BCUT2D eigenvalue weighted by atomic mass is 10.2. The minimum absolute atomic E-state index is 0.169. The summed E-state index contributed by atoms with van der Waals surface area (Å²) in [5.41, 5.74) is -2.34. The van der Waals surface area contributed by atoms with Crippen molar-refractivity contribution in [2.75, 3.05) is 0 Å². The van der Waals surface area contributed by atoms with Gasteiger partial charge in [-0.25, -0.2) is 9.78 Å². The van der Waals surface area contributed by atoms with Crippen LogP contribution in [-0.2, 0) is 12.6 Å². The molecule has 0 unspecified atom stereocenters. The maximum Gasteiger partial charge on any atom is 0.420 e. The highest BCUT2D eigenvalue weighted by molar-refractivity contribution is 5.88. The van der Waals surface area contributed by atoms with Crippen molar-refractivity contribution < 1.29 is 23.1 Å². The monoisotopic (exact) mass is 260 g/mol. The number of carboxylic acid groups (broad SMARTS) is 1. The molecule has 18 heavy (non-hydrogen) atoms. The lowest BCUT2D eigenvalue weighted by Crippen LogP contribution is -2.18. The molecule has 0 saturated heterocycles. The van der Waals surface area contributed by atoms with E-state index in [-0.39, 0.29) is 11.6 Å². The molecule has 2 aromatic rings. The molecule has 0 aliphatic rings. The number of hydrogen-bond donors (Lipinski definition) is 1. The van der Waals surface area contributed by atoms with E-state index in [1.54, 1.807) is 6.92 Å². The minimum Gasteiger partial charge on any atom is -0.476 e. The summed E-state index contributed by atoms with van der Waals surface area (Å²) < 4.78 is 38.6. The van der Waals surface area contributed by atoms with Crippen molar-refractivity contribution in [1.29, 1.82) is 0 Å². The van der Waals surface area contributed by atoms with Crippen LogP contribution in [0.1, 0.15) is 28.8 Å². The second-order valence-corrected chi connectivity index (χ2v) is 3.42. The zero-order valence-electron chi connectivity index (χ0n) is 9.06. The molecule has 9 heteroatoms. The molecular formula is C9H7F3N4O2. The second-order valence-electron chi connectivity index (χ2n) is 3.42. The van der Waals surface area contributed by atoms with E-state index < -0.39 is 23.4 Å². The van der Waals surface area contributed by atoms with Crippen molar-refractivity contribution in [3.8, 4) is 0 Å². The first-order chi connectivity index (χ1) is 8.34. The van der Waals surface area contributed by atoms with Gasteiger partial charge in [0.1, 0.15) is 5.56 Å². The van der Waals surface area contributed by atoms with E-state index in [1.807, 2.05) is 0 Å². The highest BCUT2D eigenvalue weighted by Gasteiger charge is 2.38. The number of alkyl halides is 3. The molecule has 0 aliphatic carbocycles. The summed E-state index contributed by atoms with van der Waals surface area (Å²) in [5.74, 6) is -1.68. The third-order valence-electron chi connectivity index (χ3n) is 2.23. The molecule has 0 spiro atoms. The molecule has 2 rings (SSSR count). The molecule has 0 bridgehead atoms. The van der Waals surface area contributed by atoms with Gasteiger partial charge < -0.3 is 5.11 Å². The van der Waals surface area contributed by atoms with Gasteiger partial charge in [0.05, 0.1) is 0 Å². The van der Waals surface area contributed by atoms with Crippen molar-refractivity contribution >= 4 is 11.7 Å². The Labute approximate surface area is 98.1 Å². The van der Waals surface area contributed by atoms with E-state index in [2.05, 4.69) is 15.1 Å². The standard InChI is InChI=1S/C9H7F3N4O2/c1-2-5-14-8-13-3-4(9(10,11)12)6(7(17)18)16(8)15-5/h3H,2H2,1H3,(H,17,18). The average molecular weight is 260 g/mol. The Balaban J connectivity index is 2.82. The van der Waals surface area contributed by atoms with E-state index in [9.17, 15) is 18.0 Å². The SMILES string of the molecule is CCc1nc2ncc(C(F)(F)F)c(C(=O)O)n2n1. The Bertz CT molecular complexity index is 620. The zero-order valence-corrected chi connectivity index (χ0v) is 9.06. The molecule has 2 aromatic heterocycles. The van der Waals surface area contributed by atoms with Crippen LogP contribution in [-0.4, -0.2) is 30.7 Å². The number of hydrogen-bond acceptors (Lipinski definition) is 4. The highest BCUT2D eigenvalue weighted by atomic mass is 19.4. The topological polar surface area (TPSA) is 80.4 Å². The predicted octanol–water partition coefficient (Wildman–Crippen LogP) is 1.40. The van der Waals surface area contributed by atoms with E-state index in [0.717, 1.165) is 0 Å². The number of carboxylic acids is 1. The Morgan fingerprint density at radius 3 is 2.67 bits per heavy atom. The number of rotatable bonds is 2. The second kappa shape index (κ2) is 3.93. The first-order valence-corrected chi connectivity index (χ1v) is 4.89. The van der Waals surface area contributed by atoms with Crippen LogP contribution in [0.15, 0.2) is 6.20 Å². The van der Waals surface area contributed by atoms with E-state index >= 15 is 0 Å². The highest BCUT2D eigenvalue weighted by Crippen LogP contribution is 2.31. The Morgan fingerprint density at radius 1 is 1.50 bits per heavy atom. The molecule has 0 saturated carbocycles. The Kier molecular flexibility index (Phi) is 2.68. The van der Waals surface area contributed by atoms with E-state index in [4.69, 9.17) is 5.11 Å². The molecular weight excluding hydrogens is 253 g/mol. The van der Waals surface area contributed by atoms with Crippen LogP contribution in [0.3, 0.4) is 0 Å². The molecule has 96 valence electrons. The van der Waals surface area contributed by atoms with Crippen molar-refractivity contribution in [2.45, 2.75) is 19.5 Å². The van der Waals surface area contributed by atoms with E-state index in [0.29, 0.717) is 17.1 Å². The smallest absolute Gasteiger partial charge is 0.420 e. The number of aryl methyl sites for hydroxylation is 1. The molecule has 0 aliphatic heterocycles. The normalized spacial score (nSPS) is 12.0. The summed E-state index contributed by atoms with van der Waals surface area (Å²) in [7, 11) is 0. The number of halogens is 3. The average Bonchev–Trinajstić information content (AvgIpc) is 2.68. The number of fused-ring (bicyclic) bond motifs is 1. The van der Waals surface area contributed by atoms with Gasteiger partial charge in [0.2, 0.25) is 0 Å². The number of nitrogens with zero attached hydrogens (tertiary/aromatic N) is 4. The maximum atomic E-state index is 12.7. The van der Waals surface area contributed by atoms with Crippen LogP contribution >= 0.6 is 0 Å². The first-order valence-electron chi connectivity index (χ1n) is 4.89. The predicted molar refractivity (Wildman–Crippen MR) is 52.1 cm³/mol. The molecule has 2 heterocycles. The molecule has 0 aromatic carbocycles. The molecule has 0 amide bonds. The summed E-state index contributed by atoms with van der Waals surface area (Å²) in [6, 6.07) is 0. The largest absolute Gasteiger partial charge is 0.476 e. The first kappa shape index (κ1) is 12.3. The quantitative estimate of drug-likeness (QED) is 0.882. The van der Waals surface area contributed by atoms with Crippen molar-refractivity contribution in [1.82, 2.24) is 19.6 Å². The third kappa shape index (κ3) is 1.87. The lowest BCUT2D eigenvalue weighted by molar-refractivity contribution is -0.138. The molecule has 0 radical (unpaired) electrons. The van der Waals surface area contributed by atoms with E-state index in [1.165, 1.54) is 0 Å². The van der Waals surface area contributed by atoms with Crippen molar-refractivity contribution in [3.05, 3.63) is 23.3 Å². The molecule has 6 nitrogen and oxygen atoms in total. The van der Waals surface area contributed by atoms with Crippen LogP contribution in [0, 0.1) is 0 Å². The van der Waals surface area contributed by atoms with Gasteiger partial charge in [0, 0.05) is 12.6 Å². The minimum atomic E-state index is -4.81. The summed E-state index contributed by atoms with van der Waals surface area (Å²) in [5, 5.41) is 12.6. The van der Waals surface area contributed by atoms with Crippen LogP contribution < -0.4 is 0 Å². The van der Waals surface area contributed by atoms with Gasteiger partial charge in [-0.1, -0.05) is 6.92 Å². The van der Waals surface area contributed by atoms with Gasteiger partial charge in [-0.2, -0.15) is 22.7 Å². The lowest BCUT2D eigenvalue weighted by Gasteiger charge is -2.09. The van der Waals surface area contributed by atoms with Gasteiger partial charge in [0.25, 0.3) is 5.78 Å². The third-order valence-corrected chi connectivity index (χ3v) is 2.23. The van der Waals surface area contributed by atoms with Gasteiger partial charge in [-0.05, 0) is 0 Å². The van der Waals surface area contributed by atoms with Gasteiger partial charge in [0.15, 0.2) is 11.5 Å². The van der Waals surface area contributed by atoms with Crippen LogP contribution in [0.5, 0.6) is 0 Å². The van der Waals surface area contributed by atoms with Gasteiger partial charge in [-0.15, -0.1) is 5.10 Å². The summed E-state index contributed by atoms with van der Waals surface area (Å²) in [6.07, 6.45) is -4.00. The Morgan fingerprint density at radius 2 is 2.17 bits per heavy atom. The summed E-state index contributed by atoms with van der Waals surface area (Å²) in [6.45, 7) is 1.69. The molecule has 1 N–H and O–H groups in total. The number of carbonyl (C=O) groups is 1. The number of aromatic nitrogens is 4. The molecule has 0 atom stereocenters. The van der Waals surface area contributed by atoms with Crippen molar-refractivity contribution in [2.24, 2.45) is 0 Å². The van der Waals surface area contributed by atoms with Gasteiger partial charge >= 0.3 is 12.1 Å². The fourth-order valence-corrected chi connectivity index (χ4v) is 1.44. The fraction of sp³-hybridized carbons (Fsp3) is 0.333. The van der Waals surface area contributed by atoms with Gasteiger partial charge in [-0.3, -0.25) is 0 Å². The zero-order chi connectivity index (χ0) is 13.5. The van der Waals surface area contributed by atoms with Crippen LogP contribution in [0.4, 0.5) is 13.2 Å². The maximum absolute atomic E-state index is 12.7. The van der Waals surface area contributed by atoms with Crippen LogP contribution in [0.2, 0.25) is 0 Å². The summed E-state index contributed by atoms with van der Waals surface area (Å²) >= 11 is 0. The number of aromatic carboxylic acids is 1. The molecule has 0 fully saturated rings. The van der Waals surface area contributed by atoms with Crippen molar-refractivity contribution in [3.63, 3.8) is 0 Å². The Hall–Kier alpha value is -2.19. The summed E-state index contributed by atoms with van der Waals surface area (Å²) in [4.78, 5) is 18.2.